The van der Waals surface area contributed by atoms with Crippen molar-refractivity contribution in [3.05, 3.63) is 24.3 Å². The summed E-state index contributed by atoms with van der Waals surface area (Å²) in [7, 11) is 2.68. The molecule has 0 saturated carbocycles. The highest BCUT2D eigenvalue weighted by Crippen LogP contribution is 2.48. The summed E-state index contributed by atoms with van der Waals surface area (Å²) in [6.45, 7) is 0. The number of hydrogen-bond donors (Lipinski definition) is 0. The van der Waals surface area contributed by atoms with Gasteiger partial charge in [0.1, 0.15) is 0 Å². The summed E-state index contributed by atoms with van der Waals surface area (Å²) in [6, 6.07) is 6.60. The molecule has 0 aromatic heterocycles. The summed E-state index contributed by atoms with van der Waals surface area (Å²) in [4.78, 5) is 0. The molecule has 2 aromatic carbocycles. The molecule has 0 spiro atoms. The summed E-state index contributed by atoms with van der Waals surface area (Å²) in [6.07, 6.45) is 0. The Labute approximate surface area is 92.7 Å². The summed E-state index contributed by atoms with van der Waals surface area (Å²) >= 11 is 0. The summed E-state index contributed by atoms with van der Waals surface area (Å²) in [5.41, 5.74) is 0. The van der Waals surface area contributed by atoms with Gasteiger partial charge in [-0.3, -0.25) is 5.11 Å². The Morgan fingerprint density at radius 1 is 1.00 bits per heavy atom. The van der Waals surface area contributed by atoms with E-state index in [2.05, 4.69) is 0 Å². The van der Waals surface area contributed by atoms with E-state index in [0.717, 1.165) is 0 Å². The Hall–Kier alpha value is -2.10. The first kappa shape index (κ1) is 10.4. The second-order valence-corrected chi connectivity index (χ2v) is 3.27. The van der Waals surface area contributed by atoms with Crippen molar-refractivity contribution in [1.29, 1.82) is 0 Å². The molecule has 0 atom stereocenters. The molecule has 4 heteroatoms. The van der Waals surface area contributed by atoms with E-state index in [1.165, 1.54) is 14.2 Å². The van der Waals surface area contributed by atoms with Crippen LogP contribution in [-0.4, -0.2) is 14.2 Å². The Bertz CT molecular complexity index is 486. The molecule has 0 aliphatic heterocycles. The molecule has 1 radical (unpaired) electrons. The van der Waals surface area contributed by atoms with Crippen LogP contribution in [-0.2, 0) is 5.11 Å². The standard InChI is InChI=1S/C12H11O4/c1-15-11-9(13)7-5-3-4-6-8(7)10(14)12(11)16-2/h3-6,13H,1-2H3/p-1. The van der Waals surface area contributed by atoms with Crippen LogP contribution in [0.1, 0.15) is 0 Å². The zero-order valence-electron chi connectivity index (χ0n) is 8.94. The largest absolute Gasteiger partial charge is 0.869 e. The van der Waals surface area contributed by atoms with Crippen molar-refractivity contribution in [1.82, 2.24) is 0 Å². The van der Waals surface area contributed by atoms with Gasteiger partial charge in [-0.05, 0) is 5.39 Å². The summed E-state index contributed by atoms with van der Waals surface area (Å²) < 4.78 is 9.84. The summed E-state index contributed by atoms with van der Waals surface area (Å²) in [5, 5.41) is 24.6. The average molecular weight is 218 g/mol. The van der Waals surface area contributed by atoms with Crippen LogP contribution >= 0.6 is 0 Å². The van der Waals surface area contributed by atoms with Crippen LogP contribution < -0.4 is 14.6 Å². The number of rotatable bonds is 2. The highest BCUT2D eigenvalue weighted by Gasteiger charge is 2.16. The Morgan fingerprint density at radius 3 is 2.12 bits per heavy atom. The molecule has 2 aromatic rings. The van der Waals surface area contributed by atoms with E-state index in [9.17, 15) is 10.2 Å². The van der Waals surface area contributed by atoms with Gasteiger partial charge in [0.05, 0.1) is 14.2 Å². The van der Waals surface area contributed by atoms with Gasteiger partial charge in [0.15, 0.2) is 5.75 Å². The maximum atomic E-state index is 11.9. The van der Waals surface area contributed by atoms with Gasteiger partial charge in [0.2, 0.25) is 11.5 Å². The van der Waals surface area contributed by atoms with E-state index >= 15 is 0 Å². The van der Waals surface area contributed by atoms with Gasteiger partial charge in [-0.25, -0.2) is 0 Å². The molecule has 16 heavy (non-hydrogen) atoms. The van der Waals surface area contributed by atoms with Gasteiger partial charge >= 0.3 is 0 Å². The first-order chi connectivity index (χ1) is 7.70. The van der Waals surface area contributed by atoms with Crippen molar-refractivity contribution in [3.63, 3.8) is 0 Å². The molecule has 0 aliphatic rings. The third kappa shape index (κ3) is 1.31. The van der Waals surface area contributed by atoms with Gasteiger partial charge in [0, 0.05) is 5.39 Å². The Morgan fingerprint density at radius 2 is 1.56 bits per heavy atom. The lowest BCUT2D eigenvalue weighted by molar-refractivity contribution is -0.267. The van der Waals surface area contributed by atoms with Crippen molar-refractivity contribution in [2.45, 2.75) is 0 Å². The van der Waals surface area contributed by atoms with Crippen LogP contribution in [0, 0.1) is 0 Å². The molecule has 0 unspecified atom stereocenters. The van der Waals surface area contributed by atoms with Crippen molar-refractivity contribution in [2.75, 3.05) is 14.2 Å². The van der Waals surface area contributed by atoms with Crippen LogP contribution in [0.4, 0.5) is 0 Å². The van der Waals surface area contributed by atoms with Crippen molar-refractivity contribution in [2.24, 2.45) is 0 Å². The Kier molecular flexibility index (Phi) is 2.48. The van der Waals surface area contributed by atoms with Gasteiger partial charge in [0.25, 0.3) is 0 Å². The van der Waals surface area contributed by atoms with Crippen molar-refractivity contribution < 1.29 is 19.7 Å². The van der Waals surface area contributed by atoms with E-state index in [-0.39, 0.29) is 23.0 Å². The monoisotopic (exact) mass is 218 g/mol. The first-order valence-electron chi connectivity index (χ1n) is 4.71. The molecule has 0 heterocycles. The van der Waals surface area contributed by atoms with Gasteiger partial charge in [-0.1, -0.05) is 30.0 Å². The number of fused-ring (bicyclic) bond motifs is 1. The fourth-order valence-corrected chi connectivity index (χ4v) is 1.70. The SMILES string of the molecule is COc1c(OC)c([O-])c2ccccc2c1[O]. The lowest BCUT2D eigenvalue weighted by atomic mass is 10.1. The van der Waals surface area contributed by atoms with E-state index in [0.29, 0.717) is 10.8 Å². The van der Waals surface area contributed by atoms with Gasteiger partial charge in [-0.2, -0.15) is 0 Å². The van der Waals surface area contributed by atoms with Gasteiger partial charge in [-0.15, -0.1) is 0 Å². The van der Waals surface area contributed by atoms with E-state index in [1.807, 2.05) is 0 Å². The molecule has 0 amide bonds. The number of benzene rings is 2. The van der Waals surface area contributed by atoms with Crippen LogP contribution in [0.2, 0.25) is 0 Å². The fraction of sp³-hybridized carbons (Fsp3) is 0.167. The molecule has 0 fully saturated rings. The highest BCUT2D eigenvalue weighted by molar-refractivity contribution is 5.97. The van der Waals surface area contributed by atoms with Crippen molar-refractivity contribution >= 4 is 10.8 Å². The molecular weight excluding hydrogens is 208 g/mol. The zero-order valence-corrected chi connectivity index (χ0v) is 8.94. The second kappa shape index (κ2) is 3.81. The molecule has 83 valence electrons. The first-order valence-corrected chi connectivity index (χ1v) is 4.71. The maximum absolute atomic E-state index is 11.9. The third-order valence-electron chi connectivity index (χ3n) is 2.44. The second-order valence-electron chi connectivity index (χ2n) is 3.27. The topological polar surface area (TPSA) is 61.4 Å². The third-order valence-corrected chi connectivity index (χ3v) is 2.44. The van der Waals surface area contributed by atoms with Gasteiger partial charge < -0.3 is 14.6 Å². The van der Waals surface area contributed by atoms with Crippen LogP contribution in [0.5, 0.6) is 23.0 Å². The molecule has 0 bridgehead atoms. The van der Waals surface area contributed by atoms with Crippen molar-refractivity contribution in [3.8, 4) is 23.0 Å². The Balaban J connectivity index is 2.93. The molecule has 2 rings (SSSR count). The number of ether oxygens (including phenoxy) is 2. The molecule has 0 aliphatic carbocycles. The lowest BCUT2D eigenvalue weighted by Crippen LogP contribution is -1.99. The molecule has 0 N–H and O–H groups in total. The van der Waals surface area contributed by atoms with E-state index < -0.39 is 0 Å². The quantitative estimate of drug-likeness (QED) is 0.775. The zero-order chi connectivity index (χ0) is 11.7. The smallest absolute Gasteiger partial charge is 0.232 e. The minimum atomic E-state index is -0.324. The predicted octanol–water partition coefficient (Wildman–Crippen LogP) is 2.07. The van der Waals surface area contributed by atoms with Crippen LogP contribution in [0.15, 0.2) is 24.3 Å². The van der Waals surface area contributed by atoms with Crippen LogP contribution in [0.25, 0.3) is 10.8 Å². The van der Waals surface area contributed by atoms with Crippen LogP contribution in [0.3, 0.4) is 0 Å². The molecule has 0 saturated heterocycles. The lowest BCUT2D eigenvalue weighted by Gasteiger charge is -2.19. The highest BCUT2D eigenvalue weighted by atomic mass is 16.5. The summed E-state index contributed by atoms with van der Waals surface area (Å²) in [5.74, 6) is -0.721. The van der Waals surface area contributed by atoms with E-state index in [1.54, 1.807) is 24.3 Å². The number of hydrogen-bond acceptors (Lipinski definition) is 3. The molecule has 4 nitrogen and oxygen atoms in total. The minimum Gasteiger partial charge on any atom is -0.869 e. The van der Waals surface area contributed by atoms with E-state index in [4.69, 9.17) is 9.47 Å². The number of methoxy groups -OCH3 is 2. The minimum absolute atomic E-state index is 0.0359. The average Bonchev–Trinajstić information content (AvgIpc) is 2.33. The molecular formula is C12H10O4-. The maximum Gasteiger partial charge on any atom is 0.232 e. The fourth-order valence-electron chi connectivity index (χ4n) is 1.70. The normalized spacial score (nSPS) is 10.4. The predicted molar refractivity (Wildman–Crippen MR) is 56.6 cm³/mol.